The van der Waals surface area contributed by atoms with Gasteiger partial charge in [0, 0.05) is 24.8 Å². The molecule has 0 amide bonds. The van der Waals surface area contributed by atoms with Crippen molar-refractivity contribution >= 4 is 5.95 Å². The average Bonchev–Trinajstić information content (AvgIpc) is 3.18. The minimum Gasteiger partial charge on any atom is -0.478 e. The topological polar surface area (TPSA) is 73.1 Å². The first-order valence-corrected chi connectivity index (χ1v) is 6.25. The van der Waals surface area contributed by atoms with Crippen LogP contribution in [0.4, 0.5) is 5.95 Å². The second-order valence-corrected chi connectivity index (χ2v) is 4.45. The first-order valence-electron chi connectivity index (χ1n) is 6.25. The van der Waals surface area contributed by atoms with Gasteiger partial charge in [-0.25, -0.2) is 4.98 Å². The molecular formula is C12H20N4O. The van der Waals surface area contributed by atoms with Crippen LogP contribution in [0.2, 0.25) is 0 Å². The minimum atomic E-state index is 0.207. The molecule has 0 aliphatic heterocycles. The first-order chi connectivity index (χ1) is 8.29. The zero-order chi connectivity index (χ0) is 12.1. The van der Waals surface area contributed by atoms with Gasteiger partial charge in [-0.3, -0.25) is 0 Å². The fourth-order valence-electron chi connectivity index (χ4n) is 1.61. The Kier molecular flexibility index (Phi) is 4.14. The second-order valence-electron chi connectivity index (χ2n) is 4.45. The Morgan fingerprint density at radius 3 is 3.12 bits per heavy atom. The third-order valence-electron chi connectivity index (χ3n) is 2.81. The van der Waals surface area contributed by atoms with E-state index in [1.807, 2.05) is 0 Å². The van der Waals surface area contributed by atoms with Gasteiger partial charge >= 0.3 is 0 Å². The number of hydrogen-bond donors (Lipinski definition) is 2. The van der Waals surface area contributed by atoms with E-state index in [1.165, 1.54) is 12.8 Å². The molecule has 1 fully saturated rings. The first kappa shape index (κ1) is 12.1. The molecule has 1 unspecified atom stereocenters. The SMILES string of the molecule is CCCOc1ccnc(NCC(N)C2CC2)n1. The van der Waals surface area contributed by atoms with E-state index in [4.69, 9.17) is 10.5 Å². The lowest BCUT2D eigenvalue weighted by molar-refractivity contribution is 0.305. The smallest absolute Gasteiger partial charge is 0.225 e. The normalized spacial score (nSPS) is 16.6. The van der Waals surface area contributed by atoms with E-state index in [2.05, 4.69) is 22.2 Å². The quantitative estimate of drug-likeness (QED) is 0.749. The lowest BCUT2D eigenvalue weighted by Gasteiger charge is -2.11. The molecule has 0 saturated heterocycles. The van der Waals surface area contributed by atoms with Crippen molar-refractivity contribution in [2.75, 3.05) is 18.5 Å². The summed E-state index contributed by atoms with van der Waals surface area (Å²) in [5.74, 6) is 1.89. The Bertz CT molecular complexity index is 354. The lowest BCUT2D eigenvalue weighted by atomic mass is 10.2. The molecular weight excluding hydrogens is 216 g/mol. The molecule has 3 N–H and O–H groups in total. The second kappa shape index (κ2) is 5.82. The minimum absolute atomic E-state index is 0.207. The molecule has 0 spiro atoms. The van der Waals surface area contributed by atoms with Crippen molar-refractivity contribution in [3.05, 3.63) is 12.3 Å². The summed E-state index contributed by atoms with van der Waals surface area (Å²) in [6, 6.07) is 1.97. The van der Waals surface area contributed by atoms with Gasteiger partial charge in [0.15, 0.2) is 0 Å². The van der Waals surface area contributed by atoms with E-state index < -0.39 is 0 Å². The van der Waals surface area contributed by atoms with Gasteiger partial charge in [0.05, 0.1) is 6.61 Å². The summed E-state index contributed by atoms with van der Waals surface area (Å²) in [4.78, 5) is 8.40. The van der Waals surface area contributed by atoms with Crippen LogP contribution in [-0.4, -0.2) is 29.2 Å². The Morgan fingerprint density at radius 1 is 1.59 bits per heavy atom. The number of nitrogens with two attached hydrogens (primary N) is 1. The third kappa shape index (κ3) is 3.85. The molecule has 17 heavy (non-hydrogen) atoms. The summed E-state index contributed by atoms with van der Waals surface area (Å²) in [5.41, 5.74) is 6.00. The maximum Gasteiger partial charge on any atom is 0.225 e. The monoisotopic (exact) mass is 236 g/mol. The van der Waals surface area contributed by atoms with Gasteiger partial charge in [0.1, 0.15) is 0 Å². The zero-order valence-electron chi connectivity index (χ0n) is 10.2. The number of anilines is 1. The summed E-state index contributed by atoms with van der Waals surface area (Å²) in [6.07, 6.45) is 5.18. The molecule has 2 rings (SSSR count). The highest BCUT2D eigenvalue weighted by Crippen LogP contribution is 2.31. The molecule has 5 heteroatoms. The van der Waals surface area contributed by atoms with E-state index >= 15 is 0 Å². The van der Waals surface area contributed by atoms with Crippen LogP contribution in [0.3, 0.4) is 0 Å². The van der Waals surface area contributed by atoms with Gasteiger partial charge in [-0.1, -0.05) is 6.92 Å². The van der Waals surface area contributed by atoms with E-state index in [-0.39, 0.29) is 6.04 Å². The van der Waals surface area contributed by atoms with Crippen molar-refractivity contribution in [1.82, 2.24) is 9.97 Å². The third-order valence-corrected chi connectivity index (χ3v) is 2.81. The standard InChI is InChI=1S/C12H20N4O/c1-2-7-17-11-5-6-14-12(16-11)15-8-10(13)9-3-4-9/h5-6,9-10H,2-4,7-8,13H2,1H3,(H,14,15,16). The molecule has 1 heterocycles. The number of aromatic nitrogens is 2. The fourth-order valence-corrected chi connectivity index (χ4v) is 1.61. The van der Waals surface area contributed by atoms with Crippen LogP contribution in [0.15, 0.2) is 12.3 Å². The lowest BCUT2D eigenvalue weighted by Crippen LogP contribution is -2.31. The summed E-state index contributed by atoms with van der Waals surface area (Å²) in [6.45, 7) is 3.47. The molecule has 1 aromatic rings. The van der Waals surface area contributed by atoms with Gasteiger partial charge in [-0.2, -0.15) is 4.98 Å². The largest absolute Gasteiger partial charge is 0.478 e. The maximum absolute atomic E-state index is 6.00. The number of nitrogens with zero attached hydrogens (tertiary/aromatic N) is 2. The molecule has 0 bridgehead atoms. The van der Waals surface area contributed by atoms with E-state index in [9.17, 15) is 0 Å². The number of ether oxygens (including phenoxy) is 1. The number of rotatable bonds is 7. The summed E-state index contributed by atoms with van der Waals surface area (Å²) < 4.78 is 5.44. The number of nitrogens with one attached hydrogen (secondary N) is 1. The van der Waals surface area contributed by atoms with Gasteiger partial charge in [0.25, 0.3) is 0 Å². The van der Waals surface area contributed by atoms with Crippen LogP contribution in [0, 0.1) is 5.92 Å². The predicted molar refractivity (Wildman–Crippen MR) is 67.0 cm³/mol. The average molecular weight is 236 g/mol. The Hall–Kier alpha value is -1.36. The van der Waals surface area contributed by atoms with Crippen LogP contribution < -0.4 is 15.8 Å². The molecule has 94 valence electrons. The van der Waals surface area contributed by atoms with Crippen molar-refractivity contribution < 1.29 is 4.74 Å². The molecule has 1 atom stereocenters. The Labute approximate surface area is 102 Å². The molecule has 1 saturated carbocycles. The van der Waals surface area contributed by atoms with Gasteiger partial charge in [-0.15, -0.1) is 0 Å². The fraction of sp³-hybridized carbons (Fsp3) is 0.667. The number of hydrogen-bond acceptors (Lipinski definition) is 5. The van der Waals surface area contributed by atoms with Gasteiger partial charge in [0.2, 0.25) is 11.8 Å². The van der Waals surface area contributed by atoms with Crippen molar-refractivity contribution in [1.29, 1.82) is 0 Å². The van der Waals surface area contributed by atoms with E-state index in [0.717, 1.165) is 13.0 Å². The van der Waals surface area contributed by atoms with Crippen molar-refractivity contribution in [2.24, 2.45) is 11.7 Å². The molecule has 0 aromatic carbocycles. The Balaban J connectivity index is 1.82. The van der Waals surface area contributed by atoms with Crippen LogP contribution in [0.25, 0.3) is 0 Å². The van der Waals surface area contributed by atoms with Crippen LogP contribution in [-0.2, 0) is 0 Å². The van der Waals surface area contributed by atoms with Crippen LogP contribution in [0.5, 0.6) is 5.88 Å². The van der Waals surface area contributed by atoms with Crippen LogP contribution >= 0.6 is 0 Å². The Morgan fingerprint density at radius 2 is 2.41 bits per heavy atom. The highest BCUT2D eigenvalue weighted by molar-refractivity contribution is 5.27. The van der Waals surface area contributed by atoms with Gasteiger partial charge < -0.3 is 15.8 Å². The van der Waals surface area contributed by atoms with Crippen molar-refractivity contribution in [3.8, 4) is 5.88 Å². The molecule has 1 aliphatic carbocycles. The maximum atomic E-state index is 6.00. The van der Waals surface area contributed by atoms with E-state index in [0.29, 0.717) is 24.4 Å². The van der Waals surface area contributed by atoms with E-state index in [1.54, 1.807) is 12.3 Å². The molecule has 0 radical (unpaired) electrons. The molecule has 1 aliphatic rings. The van der Waals surface area contributed by atoms with Gasteiger partial charge in [-0.05, 0) is 25.2 Å². The predicted octanol–water partition coefficient (Wildman–Crippen LogP) is 1.41. The highest BCUT2D eigenvalue weighted by Gasteiger charge is 2.28. The molecule has 5 nitrogen and oxygen atoms in total. The van der Waals surface area contributed by atoms with Crippen LogP contribution in [0.1, 0.15) is 26.2 Å². The summed E-state index contributed by atoms with van der Waals surface area (Å²) >= 11 is 0. The van der Waals surface area contributed by atoms with Crippen molar-refractivity contribution in [3.63, 3.8) is 0 Å². The molecule has 1 aromatic heterocycles. The zero-order valence-corrected chi connectivity index (χ0v) is 10.2. The summed E-state index contributed by atoms with van der Waals surface area (Å²) in [7, 11) is 0. The summed E-state index contributed by atoms with van der Waals surface area (Å²) in [5, 5.41) is 3.16. The van der Waals surface area contributed by atoms with Crippen molar-refractivity contribution in [2.45, 2.75) is 32.2 Å². The highest BCUT2D eigenvalue weighted by atomic mass is 16.5.